The maximum absolute atomic E-state index is 13.4. The number of carbonyl (C=O) groups excluding carboxylic acids is 2. The topological polar surface area (TPSA) is 92.6 Å². The Balaban J connectivity index is 1.68. The molecule has 0 spiro atoms. The van der Waals surface area contributed by atoms with Gasteiger partial charge in [-0.1, -0.05) is 54.6 Å². The molecule has 1 fully saturated rings. The molecule has 0 aliphatic carbocycles. The van der Waals surface area contributed by atoms with Gasteiger partial charge >= 0.3 is 0 Å². The minimum absolute atomic E-state index is 0.0573. The first-order valence-corrected chi connectivity index (χ1v) is 10.7. The predicted molar refractivity (Wildman–Crippen MR) is 128 cm³/mol. The van der Waals surface area contributed by atoms with Crippen molar-refractivity contribution in [2.24, 2.45) is 0 Å². The summed E-state index contributed by atoms with van der Waals surface area (Å²) in [6.45, 7) is 1.42. The molecule has 0 unspecified atom stereocenters. The molecule has 0 bridgehead atoms. The minimum Gasteiger partial charge on any atom is -0.339 e. The molecule has 1 heterocycles. The second-order valence-corrected chi connectivity index (χ2v) is 7.78. The highest BCUT2D eigenvalue weighted by Crippen LogP contribution is 2.25. The number of para-hydroxylation sites is 1. The average Bonchev–Trinajstić information content (AvgIpc) is 3.38. The van der Waals surface area contributed by atoms with Crippen LogP contribution in [0.5, 0.6) is 0 Å². The quantitative estimate of drug-likeness (QED) is 0.252. The van der Waals surface area contributed by atoms with Crippen molar-refractivity contribution in [3.8, 4) is 0 Å². The van der Waals surface area contributed by atoms with Gasteiger partial charge in [-0.3, -0.25) is 19.7 Å². The number of rotatable bonds is 6. The van der Waals surface area contributed by atoms with Crippen molar-refractivity contribution in [1.29, 1.82) is 0 Å². The highest BCUT2D eigenvalue weighted by molar-refractivity contribution is 6.29. The van der Waals surface area contributed by atoms with Crippen LogP contribution in [-0.4, -0.2) is 34.7 Å². The lowest BCUT2D eigenvalue weighted by molar-refractivity contribution is -0.384. The van der Waals surface area contributed by atoms with Gasteiger partial charge in [-0.25, -0.2) is 0 Å². The first-order valence-electron chi connectivity index (χ1n) is 10.7. The van der Waals surface area contributed by atoms with E-state index in [4.69, 9.17) is 0 Å². The molecule has 0 atom stereocenters. The van der Waals surface area contributed by atoms with Crippen LogP contribution < -0.4 is 5.32 Å². The van der Waals surface area contributed by atoms with Crippen molar-refractivity contribution in [3.63, 3.8) is 0 Å². The smallest absolute Gasteiger partial charge is 0.270 e. The van der Waals surface area contributed by atoms with Crippen molar-refractivity contribution in [3.05, 3.63) is 106 Å². The number of nitrogens with one attached hydrogen (secondary N) is 1. The standard InChI is InChI=1S/C26H23N3O4/c30-25(27-24-14-5-4-13-22(24)26(31)28-15-6-7-16-28)23(20-10-2-1-3-11-20)18-19-9-8-12-21(17-19)29(32)33/h1-5,8-14,17-18H,6-7,15-16H2,(H,27,30)/b23-18+. The number of nitro groups is 1. The van der Waals surface area contributed by atoms with Crippen LogP contribution in [0, 0.1) is 10.1 Å². The van der Waals surface area contributed by atoms with Crippen LogP contribution in [0.25, 0.3) is 11.6 Å². The highest BCUT2D eigenvalue weighted by atomic mass is 16.6. The SMILES string of the molecule is O=C(Nc1ccccc1C(=O)N1CCCC1)/C(=C/c1cccc([N+](=O)[O-])c1)c1ccccc1. The van der Waals surface area contributed by atoms with Crippen LogP contribution in [0.1, 0.15) is 34.3 Å². The number of hydrogen-bond donors (Lipinski definition) is 1. The molecule has 7 heteroatoms. The van der Waals surface area contributed by atoms with Gasteiger partial charge in [0.25, 0.3) is 17.5 Å². The van der Waals surface area contributed by atoms with Crippen molar-refractivity contribution in [2.75, 3.05) is 18.4 Å². The normalized spacial score (nSPS) is 13.6. The van der Waals surface area contributed by atoms with Crippen LogP contribution in [0.2, 0.25) is 0 Å². The van der Waals surface area contributed by atoms with Gasteiger partial charge in [-0.2, -0.15) is 0 Å². The van der Waals surface area contributed by atoms with Crippen molar-refractivity contribution >= 4 is 34.8 Å². The third-order valence-corrected chi connectivity index (χ3v) is 5.52. The van der Waals surface area contributed by atoms with E-state index in [0.29, 0.717) is 41.0 Å². The monoisotopic (exact) mass is 441 g/mol. The lowest BCUT2D eigenvalue weighted by atomic mass is 10.0. The minimum atomic E-state index is -0.472. The van der Waals surface area contributed by atoms with E-state index in [2.05, 4.69) is 5.32 Å². The third kappa shape index (κ3) is 5.15. The Bertz CT molecular complexity index is 1210. The molecule has 0 radical (unpaired) electrons. The lowest BCUT2D eigenvalue weighted by Crippen LogP contribution is -2.28. The van der Waals surface area contributed by atoms with Crippen LogP contribution in [0.15, 0.2) is 78.9 Å². The van der Waals surface area contributed by atoms with E-state index in [1.165, 1.54) is 12.1 Å². The molecule has 0 saturated carbocycles. The molecular weight excluding hydrogens is 418 g/mol. The Hall–Kier alpha value is -4.26. The number of benzene rings is 3. The molecule has 7 nitrogen and oxygen atoms in total. The van der Waals surface area contributed by atoms with E-state index < -0.39 is 10.8 Å². The van der Waals surface area contributed by atoms with Gasteiger partial charge in [0.2, 0.25) is 0 Å². The first kappa shape index (κ1) is 22.0. The molecular formula is C26H23N3O4. The van der Waals surface area contributed by atoms with Gasteiger partial charge in [0.05, 0.1) is 16.2 Å². The number of nitrogens with zero attached hydrogens (tertiary/aromatic N) is 2. The van der Waals surface area contributed by atoms with Crippen molar-refractivity contribution in [1.82, 2.24) is 4.90 Å². The summed E-state index contributed by atoms with van der Waals surface area (Å²) in [6.07, 6.45) is 3.57. The first-order chi connectivity index (χ1) is 16.0. The van der Waals surface area contributed by atoms with Gasteiger partial charge in [0, 0.05) is 30.8 Å². The van der Waals surface area contributed by atoms with Gasteiger partial charge in [-0.05, 0) is 42.2 Å². The molecule has 33 heavy (non-hydrogen) atoms. The summed E-state index contributed by atoms with van der Waals surface area (Å²) in [4.78, 5) is 38.9. The molecule has 166 valence electrons. The zero-order valence-electron chi connectivity index (χ0n) is 17.9. The molecule has 1 aliphatic heterocycles. The Kier molecular flexibility index (Phi) is 6.59. The number of amides is 2. The summed E-state index contributed by atoms with van der Waals surface area (Å²) in [5.74, 6) is -0.512. The zero-order chi connectivity index (χ0) is 23.2. The molecule has 1 N–H and O–H groups in total. The zero-order valence-corrected chi connectivity index (χ0v) is 17.9. The number of hydrogen-bond acceptors (Lipinski definition) is 4. The highest BCUT2D eigenvalue weighted by Gasteiger charge is 2.23. The largest absolute Gasteiger partial charge is 0.339 e. The lowest BCUT2D eigenvalue weighted by Gasteiger charge is -2.18. The molecule has 1 saturated heterocycles. The molecule has 3 aromatic carbocycles. The van der Waals surface area contributed by atoms with Gasteiger partial charge < -0.3 is 10.2 Å². The van der Waals surface area contributed by atoms with Crippen molar-refractivity contribution < 1.29 is 14.5 Å². The number of anilines is 1. The maximum atomic E-state index is 13.4. The number of likely N-dealkylation sites (tertiary alicyclic amines) is 1. The van der Waals surface area contributed by atoms with Crippen LogP contribution >= 0.6 is 0 Å². The van der Waals surface area contributed by atoms with Gasteiger partial charge in [0.1, 0.15) is 0 Å². The van der Waals surface area contributed by atoms with Crippen LogP contribution in [-0.2, 0) is 4.79 Å². The molecule has 1 aliphatic rings. The van der Waals surface area contributed by atoms with E-state index in [1.807, 2.05) is 18.2 Å². The van der Waals surface area contributed by atoms with E-state index in [-0.39, 0.29) is 11.6 Å². The van der Waals surface area contributed by atoms with Crippen molar-refractivity contribution in [2.45, 2.75) is 12.8 Å². The van der Waals surface area contributed by atoms with Crippen LogP contribution in [0.4, 0.5) is 11.4 Å². The fourth-order valence-corrected chi connectivity index (χ4v) is 3.85. The van der Waals surface area contributed by atoms with Gasteiger partial charge in [-0.15, -0.1) is 0 Å². The summed E-state index contributed by atoms with van der Waals surface area (Å²) in [5.41, 5.74) is 2.33. The molecule has 0 aromatic heterocycles. The summed E-state index contributed by atoms with van der Waals surface area (Å²) >= 11 is 0. The maximum Gasteiger partial charge on any atom is 0.270 e. The number of nitro benzene ring substituents is 1. The fourth-order valence-electron chi connectivity index (χ4n) is 3.85. The second-order valence-electron chi connectivity index (χ2n) is 7.78. The van der Waals surface area contributed by atoms with E-state index >= 15 is 0 Å². The van der Waals surface area contributed by atoms with E-state index in [0.717, 1.165) is 12.8 Å². The predicted octanol–water partition coefficient (Wildman–Crippen LogP) is 5.01. The van der Waals surface area contributed by atoms with Crippen LogP contribution in [0.3, 0.4) is 0 Å². The molecule has 4 rings (SSSR count). The summed E-state index contributed by atoms with van der Waals surface area (Å²) in [5, 5.41) is 14.0. The number of non-ortho nitro benzene ring substituents is 1. The number of carbonyl (C=O) groups is 2. The molecule has 3 aromatic rings. The van der Waals surface area contributed by atoms with E-state index in [1.54, 1.807) is 59.5 Å². The third-order valence-electron chi connectivity index (χ3n) is 5.52. The van der Waals surface area contributed by atoms with E-state index in [9.17, 15) is 19.7 Å². The Morgan fingerprint density at radius 3 is 2.33 bits per heavy atom. The fraction of sp³-hybridized carbons (Fsp3) is 0.154. The molecule has 2 amide bonds. The Morgan fingerprint density at radius 2 is 1.61 bits per heavy atom. The summed E-state index contributed by atoms with van der Waals surface area (Å²) in [7, 11) is 0. The second kappa shape index (κ2) is 9.91. The van der Waals surface area contributed by atoms with Gasteiger partial charge in [0.15, 0.2) is 0 Å². The summed E-state index contributed by atoms with van der Waals surface area (Å²) < 4.78 is 0. The average molecular weight is 441 g/mol. The Morgan fingerprint density at radius 1 is 0.909 bits per heavy atom. The summed E-state index contributed by atoms with van der Waals surface area (Å²) in [6, 6.07) is 22.1. The Labute approximate surface area is 191 Å².